The lowest BCUT2D eigenvalue weighted by atomic mass is 10.0. The molecule has 3 aromatic rings. The maximum atomic E-state index is 13.1. The van der Waals surface area contributed by atoms with Gasteiger partial charge in [-0.15, -0.1) is 0 Å². The minimum absolute atomic E-state index is 0.328. The van der Waals surface area contributed by atoms with Gasteiger partial charge in [0.25, 0.3) is 10.0 Å². The Labute approximate surface area is 165 Å². The van der Waals surface area contributed by atoms with E-state index < -0.39 is 10.0 Å². The summed E-state index contributed by atoms with van der Waals surface area (Å²) in [5, 5.41) is 5.05. The molecule has 27 heavy (non-hydrogen) atoms. The number of nitrogens with one attached hydrogen (secondary N) is 1. The predicted molar refractivity (Wildman–Crippen MR) is 110 cm³/mol. The molecule has 0 unspecified atom stereocenters. The quantitative estimate of drug-likeness (QED) is 0.682. The highest BCUT2D eigenvalue weighted by atomic mass is 35.5. The molecule has 3 rings (SSSR count). The highest BCUT2D eigenvalue weighted by Crippen LogP contribution is 2.29. The molecule has 5 nitrogen and oxygen atoms in total. The molecule has 7 heteroatoms. The van der Waals surface area contributed by atoms with Gasteiger partial charge in [-0.25, -0.2) is 8.42 Å². The number of benzene rings is 2. The molecule has 1 heterocycles. The summed E-state index contributed by atoms with van der Waals surface area (Å²) in [4.78, 5) is 0.328. The normalized spacial score (nSPS) is 11.6. The summed E-state index contributed by atoms with van der Waals surface area (Å²) in [5.41, 5.74) is 4.94. The van der Waals surface area contributed by atoms with Crippen LogP contribution in [0.1, 0.15) is 22.3 Å². The Morgan fingerprint density at radius 3 is 2.07 bits per heavy atom. The molecule has 0 saturated heterocycles. The number of aromatic nitrogens is 2. The van der Waals surface area contributed by atoms with Crippen molar-refractivity contribution in [3.05, 3.63) is 63.7 Å². The molecule has 0 saturated carbocycles. The van der Waals surface area contributed by atoms with Crippen LogP contribution in [0, 0.1) is 27.7 Å². The number of aryl methyl sites for hydroxylation is 3. The average Bonchev–Trinajstić information content (AvgIpc) is 2.93. The monoisotopic (exact) mass is 403 g/mol. The summed E-state index contributed by atoms with van der Waals surface area (Å²) < 4.78 is 30.5. The van der Waals surface area contributed by atoms with Crippen LogP contribution in [0.4, 0.5) is 5.82 Å². The Balaban J connectivity index is 2.02. The Bertz CT molecular complexity index is 1090. The number of halogens is 1. The molecular weight excluding hydrogens is 382 g/mol. The number of hydrogen-bond donors (Lipinski definition) is 1. The number of nitrogens with zero attached hydrogens (tertiary/aromatic N) is 2. The molecule has 2 aromatic carbocycles. The summed E-state index contributed by atoms with van der Waals surface area (Å²) >= 11 is 5.93. The first-order valence-corrected chi connectivity index (χ1v) is 10.4. The zero-order valence-corrected chi connectivity index (χ0v) is 17.5. The molecule has 0 atom stereocenters. The van der Waals surface area contributed by atoms with Crippen LogP contribution in [0.3, 0.4) is 0 Å². The zero-order chi connectivity index (χ0) is 19.9. The van der Waals surface area contributed by atoms with E-state index in [1.807, 2.05) is 45.9 Å². The molecule has 142 valence electrons. The second-order valence-corrected chi connectivity index (χ2v) is 8.80. The van der Waals surface area contributed by atoms with Crippen LogP contribution in [-0.4, -0.2) is 18.2 Å². The van der Waals surface area contributed by atoms with Crippen molar-refractivity contribution in [2.75, 3.05) is 4.72 Å². The fourth-order valence-electron chi connectivity index (χ4n) is 3.10. The summed E-state index contributed by atoms with van der Waals surface area (Å²) in [5.74, 6) is 0.401. The Morgan fingerprint density at radius 2 is 1.52 bits per heavy atom. The van der Waals surface area contributed by atoms with Crippen molar-refractivity contribution in [1.82, 2.24) is 9.78 Å². The lowest BCUT2D eigenvalue weighted by Gasteiger charge is -2.16. The largest absolute Gasteiger partial charge is 0.264 e. The van der Waals surface area contributed by atoms with Gasteiger partial charge < -0.3 is 0 Å². The van der Waals surface area contributed by atoms with Crippen molar-refractivity contribution < 1.29 is 8.42 Å². The van der Waals surface area contributed by atoms with Crippen LogP contribution in [0.15, 0.2) is 41.3 Å². The Morgan fingerprint density at radius 1 is 0.963 bits per heavy atom. The van der Waals surface area contributed by atoms with E-state index in [1.165, 1.54) is 4.68 Å². The molecule has 0 spiro atoms. The molecular formula is C20H22ClN3O2S. The maximum Gasteiger partial charge on any atom is 0.263 e. The van der Waals surface area contributed by atoms with E-state index in [0.29, 0.717) is 21.4 Å². The summed E-state index contributed by atoms with van der Waals surface area (Å²) in [7, 11) is -2.04. The lowest BCUT2D eigenvalue weighted by Crippen LogP contribution is -2.18. The topological polar surface area (TPSA) is 64.0 Å². The lowest BCUT2D eigenvalue weighted by molar-refractivity contribution is 0.598. The Hall–Kier alpha value is -2.31. The molecule has 0 radical (unpaired) electrons. The number of sulfonamides is 1. The zero-order valence-electron chi connectivity index (χ0n) is 16.0. The summed E-state index contributed by atoms with van der Waals surface area (Å²) in [6.45, 7) is 7.50. The predicted octanol–water partition coefficient (Wildman–Crippen LogP) is 4.77. The van der Waals surface area contributed by atoms with Gasteiger partial charge in [-0.2, -0.15) is 5.10 Å². The third-order valence-electron chi connectivity index (χ3n) is 4.82. The van der Waals surface area contributed by atoms with Crippen molar-refractivity contribution >= 4 is 27.4 Å². The third kappa shape index (κ3) is 3.73. The highest BCUT2D eigenvalue weighted by Gasteiger charge is 2.23. The fraction of sp³-hybridized carbons (Fsp3) is 0.250. The van der Waals surface area contributed by atoms with Crippen molar-refractivity contribution in [3.63, 3.8) is 0 Å². The van der Waals surface area contributed by atoms with E-state index in [0.717, 1.165) is 27.8 Å². The Kier molecular flexibility index (Phi) is 5.06. The van der Waals surface area contributed by atoms with Crippen LogP contribution in [-0.2, 0) is 17.1 Å². The SMILES string of the molecule is Cc1cc(C)c(C)c(S(=O)(=O)Nc2cc(-c3ccc(Cl)cc3)nn2C)c1C. The molecule has 0 fully saturated rings. The highest BCUT2D eigenvalue weighted by molar-refractivity contribution is 7.92. The van der Waals surface area contributed by atoms with Gasteiger partial charge in [-0.1, -0.05) is 29.8 Å². The van der Waals surface area contributed by atoms with E-state index in [1.54, 1.807) is 25.2 Å². The van der Waals surface area contributed by atoms with Gasteiger partial charge in [0.15, 0.2) is 0 Å². The first kappa shape index (κ1) is 19.5. The van der Waals surface area contributed by atoms with E-state index in [4.69, 9.17) is 11.6 Å². The molecule has 1 aromatic heterocycles. The minimum Gasteiger partial charge on any atom is -0.264 e. The number of rotatable bonds is 4. The minimum atomic E-state index is -3.75. The first-order chi connectivity index (χ1) is 12.6. The van der Waals surface area contributed by atoms with Crippen LogP contribution < -0.4 is 4.72 Å². The van der Waals surface area contributed by atoms with Gasteiger partial charge >= 0.3 is 0 Å². The van der Waals surface area contributed by atoms with Gasteiger partial charge in [0.2, 0.25) is 0 Å². The van der Waals surface area contributed by atoms with Gasteiger partial charge in [0, 0.05) is 23.7 Å². The molecule has 0 amide bonds. The van der Waals surface area contributed by atoms with Crippen LogP contribution in [0.2, 0.25) is 5.02 Å². The summed E-state index contributed by atoms with van der Waals surface area (Å²) in [6.07, 6.45) is 0. The van der Waals surface area contributed by atoms with Crippen molar-refractivity contribution in [2.24, 2.45) is 7.05 Å². The summed E-state index contributed by atoms with van der Waals surface area (Å²) in [6, 6.07) is 11.0. The standard InChI is InChI=1S/C20H22ClN3O2S/c1-12-10-13(2)15(4)20(14(12)3)27(25,26)23-19-11-18(22-24(19)5)16-6-8-17(21)9-7-16/h6-11,23H,1-5H3. The maximum absolute atomic E-state index is 13.1. The molecule has 1 N–H and O–H groups in total. The second kappa shape index (κ2) is 7.02. The smallest absolute Gasteiger partial charge is 0.263 e. The number of hydrogen-bond acceptors (Lipinski definition) is 3. The average molecular weight is 404 g/mol. The van der Waals surface area contributed by atoms with Gasteiger partial charge in [0.1, 0.15) is 5.82 Å². The van der Waals surface area contributed by atoms with Gasteiger partial charge in [-0.3, -0.25) is 9.40 Å². The van der Waals surface area contributed by atoms with Crippen molar-refractivity contribution in [2.45, 2.75) is 32.6 Å². The van der Waals surface area contributed by atoms with E-state index in [2.05, 4.69) is 9.82 Å². The first-order valence-electron chi connectivity index (χ1n) is 8.50. The molecule has 0 aliphatic rings. The van der Waals surface area contributed by atoms with Gasteiger partial charge in [0.05, 0.1) is 10.6 Å². The van der Waals surface area contributed by atoms with Crippen molar-refractivity contribution in [1.29, 1.82) is 0 Å². The third-order valence-corrected chi connectivity index (χ3v) is 6.70. The van der Waals surface area contributed by atoms with E-state index >= 15 is 0 Å². The molecule has 0 aliphatic heterocycles. The van der Waals surface area contributed by atoms with E-state index in [9.17, 15) is 8.42 Å². The van der Waals surface area contributed by atoms with Crippen LogP contribution in [0.5, 0.6) is 0 Å². The van der Waals surface area contributed by atoms with Crippen LogP contribution in [0.25, 0.3) is 11.3 Å². The van der Waals surface area contributed by atoms with Crippen LogP contribution >= 0.6 is 11.6 Å². The molecule has 0 bridgehead atoms. The second-order valence-electron chi connectivity index (χ2n) is 6.74. The molecule has 0 aliphatic carbocycles. The number of anilines is 1. The van der Waals surface area contributed by atoms with Crippen molar-refractivity contribution in [3.8, 4) is 11.3 Å². The van der Waals surface area contributed by atoms with E-state index in [-0.39, 0.29) is 0 Å². The van der Waals surface area contributed by atoms with Gasteiger partial charge in [-0.05, 0) is 62.1 Å². The fourth-order valence-corrected chi connectivity index (χ4v) is 4.92.